The summed E-state index contributed by atoms with van der Waals surface area (Å²) >= 11 is 1.45. The highest BCUT2D eigenvalue weighted by molar-refractivity contribution is 7.21. The van der Waals surface area contributed by atoms with Gasteiger partial charge >= 0.3 is 6.18 Å². The van der Waals surface area contributed by atoms with Crippen molar-refractivity contribution in [1.82, 2.24) is 9.97 Å². The van der Waals surface area contributed by atoms with Crippen LogP contribution in [0, 0.1) is 5.92 Å². The third-order valence-corrected chi connectivity index (χ3v) is 5.75. The second-order valence-corrected chi connectivity index (χ2v) is 7.60. The van der Waals surface area contributed by atoms with Gasteiger partial charge in [0.15, 0.2) is 5.13 Å². The van der Waals surface area contributed by atoms with Crippen molar-refractivity contribution in [3.05, 3.63) is 48.2 Å². The van der Waals surface area contributed by atoms with Gasteiger partial charge in [-0.25, -0.2) is 9.97 Å². The van der Waals surface area contributed by atoms with E-state index in [-0.39, 0.29) is 5.69 Å². The Hall–Kier alpha value is -2.68. The maximum Gasteiger partial charge on any atom is 0.418 e. The summed E-state index contributed by atoms with van der Waals surface area (Å²) in [6.07, 6.45) is -1.42. The first kappa shape index (κ1) is 18.7. The monoisotopic (exact) mass is 406 g/mol. The number of rotatable bonds is 3. The van der Waals surface area contributed by atoms with Crippen LogP contribution in [0.25, 0.3) is 10.3 Å². The predicted octanol–water partition coefficient (Wildman–Crippen LogP) is 4.57. The van der Waals surface area contributed by atoms with E-state index >= 15 is 0 Å². The van der Waals surface area contributed by atoms with Crippen molar-refractivity contribution in [3.8, 4) is 0 Å². The van der Waals surface area contributed by atoms with Crippen LogP contribution in [0.5, 0.6) is 0 Å². The molecule has 3 aromatic rings. The number of hydrogen-bond donors (Lipinski definition) is 1. The zero-order chi connectivity index (χ0) is 19.7. The van der Waals surface area contributed by atoms with Crippen LogP contribution in [-0.4, -0.2) is 29.0 Å². The van der Waals surface area contributed by atoms with E-state index in [9.17, 15) is 18.0 Å². The number of pyridine rings is 1. The van der Waals surface area contributed by atoms with Gasteiger partial charge in [-0.15, -0.1) is 0 Å². The van der Waals surface area contributed by atoms with Crippen LogP contribution in [0.15, 0.2) is 42.6 Å². The van der Waals surface area contributed by atoms with Gasteiger partial charge in [-0.3, -0.25) is 4.79 Å². The lowest BCUT2D eigenvalue weighted by molar-refractivity contribution is -0.137. The molecule has 4 rings (SSSR count). The van der Waals surface area contributed by atoms with E-state index in [0.717, 1.165) is 34.5 Å². The van der Waals surface area contributed by atoms with Crippen molar-refractivity contribution < 1.29 is 18.0 Å². The number of anilines is 2. The number of carbonyl (C=O) groups excluding carboxylic acids is 1. The number of carbonyl (C=O) groups is 1. The molecule has 0 bridgehead atoms. The van der Waals surface area contributed by atoms with Crippen LogP contribution in [0.4, 0.5) is 24.0 Å². The Kier molecular flexibility index (Phi) is 4.92. The average Bonchev–Trinajstić information content (AvgIpc) is 3.12. The van der Waals surface area contributed by atoms with Crippen LogP contribution in [-0.2, 0) is 11.0 Å². The zero-order valence-corrected chi connectivity index (χ0v) is 15.6. The predicted molar refractivity (Wildman–Crippen MR) is 102 cm³/mol. The summed E-state index contributed by atoms with van der Waals surface area (Å²) in [5, 5.41) is 3.25. The first-order valence-electron chi connectivity index (χ1n) is 8.85. The van der Waals surface area contributed by atoms with Gasteiger partial charge in [-0.2, -0.15) is 13.2 Å². The van der Waals surface area contributed by atoms with E-state index in [2.05, 4.69) is 15.3 Å². The van der Waals surface area contributed by atoms with Crippen molar-refractivity contribution in [1.29, 1.82) is 0 Å². The third kappa shape index (κ3) is 3.80. The van der Waals surface area contributed by atoms with Gasteiger partial charge in [0.1, 0.15) is 10.3 Å². The fourth-order valence-corrected chi connectivity index (χ4v) is 4.28. The van der Waals surface area contributed by atoms with E-state index in [0.29, 0.717) is 13.0 Å². The number of aromatic nitrogens is 2. The Balaban J connectivity index is 1.50. The molecule has 1 amide bonds. The molecule has 1 aliphatic heterocycles. The number of nitrogens with zero attached hydrogens (tertiary/aromatic N) is 3. The van der Waals surface area contributed by atoms with E-state index in [1.807, 2.05) is 17.0 Å². The van der Waals surface area contributed by atoms with E-state index in [4.69, 9.17) is 0 Å². The number of nitrogens with one attached hydrogen (secondary N) is 1. The number of alkyl halides is 3. The minimum Gasteiger partial charge on any atom is -0.347 e. The van der Waals surface area contributed by atoms with Gasteiger partial charge < -0.3 is 10.2 Å². The number of amides is 1. The molecule has 1 N–H and O–H groups in total. The maximum atomic E-state index is 13.2. The molecular weight excluding hydrogens is 389 g/mol. The number of thiazole rings is 1. The maximum absolute atomic E-state index is 13.2. The Morgan fingerprint density at radius 3 is 2.82 bits per heavy atom. The quantitative estimate of drug-likeness (QED) is 0.693. The molecule has 5 nitrogen and oxygen atoms in total. The molecule has 1 aliphatic rings. The Labute approximate surface area is 163 Å². The summed E-state index contributed by atoms with van der Waals surface area (Å²) in [6, 6.07) is 8.73. The van der Waals surface area contributed by atoms with Crippen molar-refractivity contribution in [2.75, 3.05) is 23.3 Å². The van der Waals surface area contributed by atoms with Crippen LogP contribution in [0.1, 0.15) is 18.4 Å². The minimum absolute atomic E-state index is 0.207. The lowest BCUT2D eigenvalue weighted by Gasteiger charge is -2.31. The smallest absolute Gasteiger partial charge is 0.347 e. The number of halogens is 3. The first-order valence-corrected chi connectivity index (χ1v) is 9.67. The Morgan fingerprint density at radius 1 is 1.21 bits per heavy atom. The lowest BCUT2D eigenvalue weighted by Crippen LogP contribution is -2.40. The highest BCUT2D eigenvalue weighted by atomic mass is 32.1. The highest BCUT2D eigenvalue weighted by Crippen LogP contribution is 2.35. The van der Waals surface area contributed by atoms with Crippen LogP contribution < -0.4 is 10.2 Å². The summed E-state index contributed by atoms with van der Waals surface area (Å²) in [5.41, 5.74) is -0.247. The normalized spacial score (nSPS) is 17.7. The molecule has 0 saturated carbocycles. The number of piperidine rings is 1. The molecule has 0 aliphatic carbocycles. The second-order valence-electron chi connectivity index (χ2n) is 6.64. The van der Waals surface area contributed by atoms with Gasteiger partial charge in [-0.05, 0) is 37.1 Å². The highest BCUT2D eigenvalue weighted by Gasteiger charge is 2.34. The van der Waals surface area contributed by atoms with Crippen LogP contribution >= 0.6 is 11.3 Å². The average molecular weight is 406 g/mol. The van der Waals surface area contributed by atoms with Crippen molar-refractivity contribution >= 4 is 38.4 Å². The molecule has 2 aromatic heterocycles. The Morgan fingerprint density at radius 2 is 2.04 bits per heavy atom. The van der Waals surface area contributed by atoms with Gasteiger partial charge in [0.05, 0.1) is 17.2 Å². The van der Waals surface area contributed by atoms with Crippen molar-refractivity contribution in [2.45, 2.75) is 19.0 Å². The number of benzene rings is 1. The van der Waals surface area contributed by atoms with Gasteiger partial charge in [-0.1, -0.05) is 23.5 Å². The molecule has 9 heteroatoms. The molecule has 0 spiro atoms. The molecule has 1 fully saturated rings. The molecular formula is C19H17F3N4OS. The molecule has 0 radical (unpaired) electrons. The lowest BCUT2D eigenvalue weighted by atomic mass is 9.97. The Bertz CT molecular complexity index is 971. The van der Waals surface area contributed by atoms with Gasteiger partial charge in [0.25, 0.3) is 0 Å². The standard InChI is InChI=1S/C19H17F3N4OS/c20-19(21,22)13-6-1-2-7-14(13)24-16(27)12-5-4-10-26(11-12)18-25-15-8-3-9-23-17(15)28-18/h1-3,6-9,12H,4-5,10-11H2,(H,24,27). The molecule has 28 heavy (non-hydrogen) atoms. The molecule has 1 unspecified atom stereocenters. The summed E-state index contributed by atoms with van der Waals surface area (Å²) in [7, 11) is 0. The largest absolute Gasteiger partial charge is 0.418 e. The number of hydrogen-bond acceptors (Lipinski definition) is 5. The van der Waals surface area contributed by atoms with E-state index in [1.165, 1.54) is 29.5 Å². The summed E-state index contributed by atoms with van der Waals surface area (Å²) in [5.74, 6) is -0.810. The van der Waals surface area contributed by atoms with E-state index < -0.39 is 23.6 Å². The van der Waals surface area contributed by atoms with Crippen molar-refractivity contribution in [3.63, 3.8) is 0 Å². The molecule has 1 saturated heterocycles. The fourth-order valence-electron chi connectivity index (χ4n) is 3.33. The van der Waals surface area contributed by atoms with Gasteiger partial charge in [0.2, 0.25) is 5.91 Å². The number of fused-ring (bicyclic) bond motifs is 1. The SMILES string of the molecule is O=C(Nc1ccccc1C(F)(F)F)C1CCCN(c2nc3cccnc3s2)C1. The molecule has 3 heterocycles. The second kappa shape index (κ2) is 7.38. The third-order valence-electron chi connectivity index (χ3n) is 4.71. The van der Waals surface area contributed by atoms with E-state index in [1.54, 1.807) is 6.20 Å². The van der Waals surface area contributed by atoms with Gasteiger partial charge in [0, 0.05) is 19.3 Å². The summed E-state index contributed by atoms with van der Waals surface area (Å²) < 4.78 is 39.5. The fraction of sp³-hybridized carbons (Fsp3) is 0.316. The first-order chi connectivity index (χ1) is 13.4. The summed E-state index contributed by atoms with van der Waals surface area (Å²) in [4.78, 5) is 24.3. The van der Waals surface area contributed by atoms with Crippen LogP contribution in [0.3, 0.4) is 0 Å². The number of para-hydroxylation sites is 1. The zero-order valence-electron chi connectivity index (χ0n) is 14.7. The molecule has 146 valence electrons. The minimum atomic E-state index is -4.52. The van der Waals surface area contributed by atoms with Crippen LogP contribution in [0.2, 0.25) is 0 Å². The summed E-state index contributed by atoms with van der Waals surface area (Å²) in [6.45, 7) is 1.17. The topological polar surface area (TPSA) is 58.1 Å². The molecule has 1 atom stereocenters. The molecule has 1 aromatic carbocycles. The van der Waals surface area contributed by atoms with Crippen molar-refractivity contribution in [2.24, 2.45) is 5.92 Å².